The van der Waals surface area contributed by atoms with E-state index in [-0.39, 0.29) is 29.7 Å². The Morgan fingerprint density at radius 1 is 1.31 bits per heavy atom. The number of ether oxygens (including phenoxy) is 4. The molecule has 0 unspecified atom stereocenters. The van der Waals surface area contributed by atoms with E-state index in [0.29, 0.717) is 5.33 Å². The monoisotopic (exact) mass is 511 g/mol. The molecule has 0 aromatic rings. The van der Waals surface area contributed by atoms with Gasteiger partial charge in [0.2, 0.25) is 6.29 Å². The van der Waals surface area contributed by atoms with Crippen molar-refractivity contribution in [1.82, 2.24) is 4.90 Å². The van der Waals surface area contributed by atoms with E-state index in [1.165, 1.54) is 6.08 Å². The van der Waals surface area contributed by atoms with Crippen molar-refractivity contribution in [1.29, 1.82) is 0 Å². The highest BCUT2D eigenvalue weighted by molar-refractivity contribution is 9.09. The van der Waals surface area contributed by atoms with Crippen LogP contribution in [-0.4, -0.2) is 52.6 Å². The molecule has 3 rings (SSSR count). The second kappa shape index (κ2) is 8.61. The first kappa shape index (κ1) is 25.0. The van der Waals surface area contributed by atoms with Crippen molar-refractivity contribution in [2.24, 2.45) is 10.8 Å². The van der Waals surface area contributed by atoms with E-state index in [4.69, 9.17) is 18.9 Å². The number of carbonyl (C=O) groups is 2. The summed E-state index contributed by atoms with van der Waals surface area (Å²) in [4.78, 5) is 26.8. The van der Waals surface area contributed by atoms with E-state index in [2.05, 4.69) is 43.3 Å². The summed E-state index contributed by atoms with van der Waals surface area (Å²) in [6.07, 6.45) is 7.46. The van der Waals surface area contributed by atoms with Gasteiger partial charge < -0.3 is 14.2 Å². The van der Waals surface area contributed by atoms with Crippen LogP contribution in [0.5, 0.6) is 0 Å². The Morgan fingerprint density at radius 2 is 2.00 bits per heavy atom. The number of allylic oxidation sites excluding steroid dienone is 2. The van der Waals surface area contributed by atoms with E-state index >= 15 is 0 Å². The van der Waals surface area contributed by atoms with Gasteiger partial charge in [-0.3, -0.25) is 14.4 Å². The van der Waals surface area contributed by atoms with Gasteiger partial charge in [-0.15, -0.1) is 0 Å². The van der Waals surface area contributed by atoms with Crippen molar-refractivity contribution in [2.45, 2.75) is 78.2 Å². The zero-order valence-corrected chi connectivity index (χ0v) is 21.4. The number of hydrogen-bond donors (Lipinski definition) is 0. The van der Waals surface area contributed by atoms with E-state index in [1.54, 1.807) is 23.1 Å². The molecule has 0 aromatic carbocycles. The number of amides is 1. The number of nitrogens with zero attached hydrogens (tertiary/aromatic N) is 1. The summed E-state index contributed by atoms with van der Waals surface area (Å²) in [5.74, 6) is -1.94. The van der Waals surface area contributed by atoms with Gasteiger partial charge in [0.1, 0.15) is 5.60 Å². The Bertz CT molecular complexity index is 844. The summed E-state index contributed by atoms with van der Waals surface area (Å²) in [6.45, 7) is 15.9. The number of alkyl halides is 1. The third-order valence-corrected chi connectivity index (χ3v) is 7.44. The quantitative estimate of drug-likeness (QED) is 0.227. The highest BCUT2D eigenvalue weighted by Crippen LogP contribution is 2.69. The van der Waals surface area contributed by atoms with Crippen LogP contribution in [0.25, 0.3) is 0 Å². The molecule has 8 heteroatoms. The molecule has 32 heavy (non-hydrogen) atoms. The maximum absolute atomic E-state index is 13.3. The van der Waals surface area contributed by atoms with Crippen molar-refractivity contribution < 1.29 is 28.5 Å². The predicted octanol–water partition coefficient (Wildman–Crippen LogP) is 4.43. The maximum atomic E-state index is 13.3. The number of rotatable bonds is 6. The Morgan fingerprint density at radius 3 is 2.62 bits per heavy atom. The third-order valence-electron chi connectivity index (χ3n) is 6.91. The summed E-state index contributed by atoms with van der Waals surface area (Å²) >= 11 is 3.41. The van der Waals surface area contributed by atoms with Crippen LogP contribution in [0.3, 0.4) is 0 Å². The standard InChI is InChI=1S/C24H34BrNO6/c1-16-20(28)26-17-12-13-23(7,22(17,5)6)24(26,32-19(15-25)30-16)29-14-10-8-9-11-18(27)31-21(2,3)4/h8-11,17,19H,1,12-15H2,2-7H3/b10-8+,11-9+/t17-,19+,23+,24-/m0/s1. The van der Waals surface area contributed by atoms with E-state index < -0.39 is 29.2 Å². The molecule has 2 saturated heterocycles. The molecule has 0 radical (unpaired) electrons. The summed E-state index contributed by atoms with van der Waals surface area (Å²) in [7, 11) is 0. The van der Waals surface area contributed by atoms with Gasteiger partial charge in [0.15, 0.2) is 5.76 Å². The molecule has 0 spiro atoms. The van der Waals surface area contributed by atoms with Crippen LogP contribution in [0, 0.1) is 10.8 Å². The van der Waals surface area contributed by atoms with E-state index in [0.717, 1.165) is 12.8 Å². The summed E-state index contributed by atoms with van der Waals surface area (Å²) < 4.78 is 23.7. The molecule has 178 valence electrons. The molecule has 0 N–H and O–H groups in total. The Kier molecular flexibility index (Phi) is 6.73. The first-order valence-corrected chi connectivity index (χ1v) is 12.0. The highest BCUT2D eigenvalue weighted by atomic mass is 79.9. The van der Waals surface area contributed by atoms with Crippen LogP contribution in [0.2, 0.25) is 0 Å². The fourth-order valence-corrected chi connectivity index (χ4v) is 5.33. The molecule has 3 aliphatic rings. The van der Waals surface area contributed by atoms with Crippen LogP contribution < -0.4 is 0 Å². The number of halogens is 1. The van der Waals surface area contributed by atoms with Crippen molar-refractivity contribution >= 4 is 27.8 Å². The van der Waals surface area contributed by atoms with E-state index in [9.17, 15) is 9.59 Å². The zero-order valence-electron chi connectivity index (χ0n) is 19.8. The Labute approximate surface area is 198 Å². The summed E-state index contributed by atoms with van der Waals surface area (Å²) in [5.41, 5.74) is -1.21. The SMILES string of the molecule is C=C1O[C@@H](CBr)O[C@]2(OC/C=C/C=C/C(=O)OC(C)(C)C)N(C1=O)[C@H]1CC[C@]2(C)C1(C)C. The molecule has 1 aliphatic carbocycles. The van der Waals surface area contributed by atoms with Crippen molar-refractivity contribution in [3.05, 3.63) is 36.6 Å². The van der Waals surface area contributed by atoms with Gasteiger partial charge in [0.25, 0.3) is 11.8 Å². The molecule has 7 nitrogen and oxygen atoms in total. The molecule has 2 bridgehead atoms. The van der Waals surface area contributed by atoms with Crippen molar-refractivity contribution in [3.63, 3.8) is 0 Å². The lowest BCUT2D eigenvalue weighted by atomic mass is 9.68. The fraction of sp³-hybridized carbons (Fsp3) is 0.667. The van der Waals surface area contributed by atoms with Crippen LogP contribution in [0.1, 0.15) is 54.4 Å². The number of hydrogen-bond acceptors (Lipinski definition) is 6. The Balaban J connectivity index is 1.82. The zero-order chi connectivity index (χ0) is 23.9. The number of fused-ring (bicyclic) bond motifs is 5. The third kappa shape index (κ3) is 4.05. The number of piperidine rings is 1. The molecule has 0 aromatic heterocycles. The molecule has 1 amide bonds. The molecule has 4 atom stereocenters. The van der Waals surface area contributed by atoms with E-state index in [1.807, 2.05) is 20.8 Å². The normalized spacial score (nSPS) is 34.2. The second-order valence-corrected chi connectivity index (χ2v) is 10.9. The van der Waals surface area contributed by atoms with Gasteiger partial charge in [-0.25, -0.2) is 4.79 Å². The minimum atomic E-state index is -1.28. The summed E-state index contributed by atoms with van der Waals surface area (Å²) in [5, 5.41) is 0.369. The van der Waals surface area contributed by atoms with Crippen molar-refractivity contribution in [2.75, 3.05) is 11.9 Å². The van der Waals surface area contributed by atoms with Crippen LogP contribution in [0.4, 0.5) is 0 Å². The fourth-order valence-electron chi connectivity index (χ4n) is 5.06. The average Bonchev–Trinajstić information content (AvgIpc) is 2.93. The van der Waals surface area contributed by atoms with Crippen LogP contribution in [-0.2, 0) is 28.5 Å². The van der Waals surface area contributed by atoms with Gasteiger partial charge in [-0.2, -0.15) is 0 Å². The molecular weight excluding hydrogens is 478 g/mol. The smallest absolute Gasteiger partial charge is 0.331 e. The van der Waals surface area contributed by atoms with Crippen LogP contribution in [0.15, 0.2) is 36.6 Å². The predicted molar refractivity (Wildman–Crippen MR) is 123 cm³/mol. The number of esters is 1. The molecule has 2 heterocycles. The first-order chi connectivity index (χ1) is 14.8. The second-order valence-electron chi connectivity index (χ2n) is 10.2. The molecular formula is C24H34BrNO6. The lowest BCUT2D eigenvalue weighted by Gasteiger charge is -2.49. The van der Waals surface area contributed by atoms with Gasteiger partial charge in [-0.1, -0.05) is 61.5 Å². The van der Waals surface area contributed by atoms with Crippen LogP contribution >= 0.6 is 15.9 Å². The highest BCUT2D eigenvalue weighted by Gasteiger charge is 2.77. The first-order valence-electron chi connectivity index (χ1n) is 10.9. The lowest BCUT2D eigenvalue weighted by molar-refractivity contribution is -0.377. The molecule has 2 aliphatic heterocycles. The minimum Gasteiger partial charge on any atom is -0.459 e. The largest absolute Gasteiger partial charge is 0.459 e. The van der Waals surface area contributed by atoms with Gasteiger partial charge in [-0.05, 0) is 39.0 Å². The maximum Gasteiger partial charge on any atom is 0.331 e. The molecule has 3 fully saturated rings. The van der Waals surface area contributed by atoms with Gasteiger partial charge >= 0.3 is 5.97 Å². The van der Waals surface area contributed by atoms with Crippen molar-refractivity contribution in [3.8, 4) is 0 Å². The molecule has 1 saturated carbocycles. The summed E-state index contributed by atoms with van der Waals surface area (Å²) in [6, 6.07) is -0.0505. The Hall–Kier alpha value is -1.64. The van der Waals surface area contributed by atoms with Gasteiger partial charge in [0.05, 0.1) is 17.4 Å². The lowest BCUT2D eigenvalue weighted by Crippen LogP contribution is -2.62. The van der Waals surface area contributed by atoms with Gasteiger partial charge in [0, 0.05) is 12.1 Å². The topological polar surface area (TPSA) is 74.3 Å². The number of carbonyl (C=O) groups excluding carboxylic acids is 2. The average molecular weight is 512 g/mol. The minimum absolute atomic E-state index is 0.0505.